The van der Waals surface area contributed by atoms with Crippen molar-refractivity contribution in [2.75, 3.05) is 6.61 Å². The SMILES string of the molecule is CCOC(=O)C(=CO)N=COC(C)C. The van der Waals surface area contributed by atoms with Gasteiger partial charge in [-0.1, -0.05) is 0 Å². The van der Waals surface area contributed by atoms with Crippen LogP contribution in [0.2, 0.25) is 0 Å². The summed E-state index contributed by atoms with van der Waals surface area (Å²) in [5, 5.41) is 8.66. The third kappa shape index (κ3) is 5.18. The highest BCUT2D eigenvalue weighted by Gasteiger charge is 2.08. The Bertz CT molecular complexity index is 233. The summed E-state index contributed by atoms with van der Waals surface area (Å²) in [6.45, 7) is 5.54. The summed E-state index contributed by atoms with van der Waals surface area (Å²) < 4.78 is 9.57. The first-order chi connectivity index (χ1) is 6.61. The molecule has 0 spiro atoms. The molecule has 14 heavy (non-hydrogen) atoms. The largest absolute Gasteiger partial charge is 0.513 e. The van der Waals surface area contributed by atoms with E-state index in [1.165, 1.54) is 0 Å². The van der Waals surface area contributed by atoms with Gasteiger partial charge in [0.1, 0.15) is 6.26 Å². The highest BCUT2D eigenvalue weighted by molar-refractivity contribution is 5.89. The minimum atomic E-state index is -0.682. The van der Waals surface area contributed by atoms with Crippen molar-refractivity contribution in [1.29, 1.82) is 0 Å². The predicted octanol–water partition coefficient (Wildman–Crippen LogP) is 1.40. The Morgan fingerprint density at radius 2 is 2.21 bits per heavy atom. The van der Waals surface area contributed by atoms with Crippen LogP contribution in [0.5, 0.6) is 0 Å². The van der Waals surface area contributed by atoms with E-state index in [1.807, 2.05) is 13.8 Å². The van der Waals surface area contributed by atoms with E-state index in [9.17, 15) is 4.79 Å². The summed E-state index contributed by atoms with van der Waals surface area (Å²) >= 11 is 0. The van der Waals surface area contributed by atoms with Gasteiger partial charge in [-0.2, -0.15) is 0 Å². The van der Waals surface area contributed by atoms with Crippen LogP contribution >= 0.6 is 0 Å². The van der Waals surface area contributed by atoms with Gasteiger partial charge in [-0.25, -0.2) is 9.79 Å². The zero-order valence-electron chi connectivity index (χ0n) is 8.56. The molecule has 0 aromatic carbocycles. The lowest BCUT2D eigenvalue weighted by Gasteiger charge is -2.03. The van der Waals surface area contributed by atoms with Crippen LogP contribution < -0.4 is 0 Å². The number of carbonyl (C=O) groups excluding carboxylic acids is 1. The first kappa shape index (κ1) is 12.5. The third-order valence-electron chi connectivity index (χ3n) is 1.13. The molecule has 0 unspecified atom stereocenters. The standard InChI is InChI=1S/C9H15NO4/c1-4-13-9(12)8(5-11)10-6-14-7(2)3/h5-7,11H,4H2,1-3H3. The average Bonchev–Trinajstić information content (AvgIpc) is 2.12. The van der Waals surface area contributed by atoms with Gasteiger partial charge in [0.05, 0.1) is 12.7 Å². The van der Waals surface area contributed by atoms with Crippen molar-refractivity contribution in [3.05, 3.63) is 12.0 Å². The Morgan fingerprint density at radius 1 is 1.57 bits per heavy atom. The molecule has 0 saturated heterocycles. The van der Waals surface area contributed by atoms with Gasteiger partial charge in [0.25, 0.3) is 0 Å². The van der Waals surface area contributed by atoms with E-state index >= 15 is 0 Å². The normalized spacial score (nSPS) is 12.1. The summed E-state index contributed by atoms with van der Waals surface area (Å²) in [5.74, 6) is -0.682. The van der Waals surface area contributed by atoms with E-state index in [0.29, 0.717) is 6.26 Å². The van der Waals surface area contributed by atoms with E-state index in [0.717, 1.165) is 6.40 Å². The zero-order chi connectivity index (χ0) is 11.0. The van der Waals surface area contributed by atoms with Crippen molar-refractivity contribution in [3.8, 4) is 0 Å². The number of hydrogen-bond acceptors (Lipinski definition) is 5. The number of aliphatic hydroxyl groups is 1. The van der Waals surface area contributed by atoms with E-state index < -0.39 is 5.97 Å². The quantitative estimate of drug-likeness (QED) is 0.240. The van der Waals surface area contributed by atoms with Gasteiger partial charge < -0.3 is 14.6 Å². The van der Waals surface area contributed by atoms with Gasteiger partial charge in [0.15, 0.2) is 12.1 Å². The van der Waals surface area contributed by atoms with Crippen LogP contribution in [0.3, 0.4) is 0 Å². The topological polar surface area (TPSA) is 68.1 Å². The maximum atomic E-state index is 11.0. The summed E-state index contributed by atoms with van der Waals surface area (Å²) in [6.07, 6.45) is 1.66. The molecular formula is C9H15NO4. The summed E-state index contributed by atoms with van der Waals surface area (Å²) in [5.41, 5.74) is -0.187. The van der Waals surface area contributed by atoms with E-state index in [2.05, 4.69) is 9.73 Å². The molecule has 0 aliphatic carbocycles. The molecule has 0 aliphatic heterocycles. The smallest absolute Gasteiger partial charge is 0.360 e. The van der Waals surface area contributed by atoms with Crippen molar-refractivity contribution in [2.45, 2.75) is 26.9 Å². The van der Waals surface area contributed by atoms with Crippen LogP contribution in [0.1, 0.15) is 20.8 Å². The highest BCUT2D eigenvalue weighted by atomic mass is 16.5. The van der Waals surface area contributed by atoms with Crippen molar-refractivity contribution in [2.24, 2.45) is 4.99 Å². The Kier molecular flexibility index (Phi) is 6.19. The lowest BCUT2D eigenvalue weighted by Crippen LogP contribution is -2.07. The van der Waals surface area contributed by atoms with Gasteiger partial charge in [0, 0.05) is 0 Å². The Hall–Kier alpha value is -1.52. The molecule has 0 aliphatic rings. The fourth-order valence-corrected chi connectivity index (χ4v) is 0.553. The summed E-state index contributed by atoms with van der Waals surface area (Å²) in [6, 6.07) is 0. The number of nitrogens with zero attached hydrogens (tertiary/aromatic N) is 1. The van der Waals surface area contributed by atoms with E-state index in [-0.39, 0.29) is 18.4 Å². The molecule has 0 saturated carbocycles. The molecule has 5 nitrogen and oxygen atoms in total. The van der Waals surface area contributed by atoms with E-state index in [1.54, 1.807) is 6.92 Å². The van der Waals surface area contributed by atoms with Crippen molar-refractivity contribution in [1.82, 2.24) is 0 Å². The monoisotopic (exact) mass is 201 g/mol. The first-order valence-corrected chi connectivity index (χ1v) is 4.31. The minimum Gasteiger partial charge on any atom is -0.513 e. The van der Waals surface area contributed by atoms with Gasteiger partial charge in [-0.3, -0.25) is 0 Å². The van der Waals surface area contributed by atoms with Crippen molar-refractivity contribution in [3.63, 3.8) is 0 Å². The highest BCUT2D eigenvalue weighted by Crippen LogP contribution is 1.98. The third-order valence-corrected chi connectivity index (χ3v) is 1.13. The van der Waals surface area contributed by atoms with Crippen LogP contribution in [0.25, 0.3) is 0 Å². The van der Waals surface area contributed by atoms with Crippen LogP contribution in [0.15, 0.2) is 17.0 Å². The molecular weight excluding hydrogens is 186 g/mol. The molecule has 0 amide bonds. The maximum absolute atomic E-state index is 11.0. The second-order valence-corrected chi connectivity index (χ2v) is 2.65. The van der Waals surface area contributed by atoms with Gasteiger partial charge >= 0.3 is 5.97 Å². The fourth-order valence-electron chi connectivity index (χ4n) is 0.553. The predicted molar refractivity (Wildman–Crippen MR) is 52.1 cm³/mol. The zero-order valence-corrected chi connectivity index (χ0v) is 8.56. The average molecular weight is 201 g/mol. The second kappa shape index (κ2) is 6.94. The molecule has 0 heterocycles. The van der Waals surface area contributed by atoms with Crippen molar-refractivity contribution < 1.29 is 19.4 Å². The molecule has 0 aromatic heterocycles. The van der Waals surface area contributed by atoms with Crippen molar-refractivity contribution >= 4 is 12.4 Å². The molecule has 80 valence electrons. The second-order valence-electron chi connectivity index (χ2n) is 2.65. The lowest BCUT2D eigenvalue weighted by molar-refractivity contribution is -0.138. The van der Waals surface area contributed by atoms with Gasteiger partial charge in [-0.15, -0.1) is 0 Å². The number of aliphatic imine (C=N–C) groups is 1. The Morgan fingerprint density at radius 3 is 2.64 bits per heavy atom. The summed E-state index contributed by atoms with van der Waals surface area (Å²) in [7, 11) is 0. The van der Waals surface area contributed by atoms with E-state index in [4.69, 9.17) is 9.84 Å². The molecule has 5 heteroatoms. The first-order valence-electron chi connectivity index (χ1n) is 4.31. The maximum Gasteiger partial charge on any atom is 0.360 e. The lowest BCUT2D eigenvalue weighted by atomic mass is 10.5. The molecule has 0 rings (SSSR count). The number of aliphatic hydroxyl groups excluding tert-OH is 1. The molecule has 0 atom stereocenters. The molecule has 0 aromatic rings. The van der Waals surface area contributed by atoms with Crippen LogP contribution in [-0.4, -0.2) is 30.2 Å². The van der Waals surface area contributed by atoms with Gasteiger partial charge in [-0.05, 0) is 20.8 Å². The van der Waals surface area contributed by atoms with Gasteiger partial charge in [0.2, 0.25) is 0 Å². The number of carbonyl (C=O) groups is 1. The molecule has 0 fully saturated rings. The van der Waals surface area contributed by atoms with Crippen LogP contribution in [0, 0.1) is 0 Å². The molecule has 0 bridgehead atoms. The number of ether oxygens (including phenoxy) is 2. The number of rotatable bonds is 5. The number of esters is 1. The number of hydrogen-bond donors (Lipinski definition) is 1. The fraction of sp³-hybridized carbons (Fsp3) is 0.556. The Labute approximate surface area is 83.0 Å². The molecule has 0 radical (unpaired) electrons. The van der Waals surface area contributed by atoms with Crippen LogP contribution in [-0.2, 0) is 14.3 Å². The Balaban J connectivity index is 4.17. The van der Waals surface area contributed by atoms with Crippen LogP contribution in [0.4, 0.5) is 0 Å². The molecule has 1 N–H and O–H groups in total. The minimum absolute atomic E-state index is 0.0270. The summed E-state index contributed by atoms with van der Waals surface area (Å²) in [4.78, 5) is 14.6.